The number of hydrogen-bond acceptors (Lipinski definition) is 3. The van der Waals surface area contributed by atoms with E-state index in [2.05, 4.69) is 5.32 Å². The quantitative estimate of drug-likeness (QED) is 0.866. The molecule has 0 aliphatic heterocycles. The van der Waals surface area contributed by atoms with E-state index >= 15 is 0 Å². The first kappa shape index (κ1) is 14.8. The van der Waals surface area contributed by atoms with Crippen LogP contribution in [-0.2, 0) is 0 Å². The zero-order valence-electron chi connectivity index (χ0n) is 11.8. The van der Waals surface area contributed by atoms with Gasteiger partial charge >= 0.3 is 0 Å². The van der Waals surface area contributed by atoms with Crippen molar-refractivity contribution in [2.24, 2.45) is 5.41 Å². The average Bonchev–Trinajstić information content (AvgIpc) is 2.56. The van der Waals surface area contributed by atoms with Crippen molar-refractivity contribution >= 4 is 5.91 Å². The van der Waals surface area contributed by atoms with Crippen molar-refractivity contribution < 1.29 is 14.3 Å². The van der Waals surface area contributed by atoms with E-state index in [1.165, 1.54) is 0 Å². The van der Waals surface area contributed by atoms with Crippen LogP contribution >= 0.6 is 0 Å². The lowest BCUT2D eigenvalue weighted by atomic mass is 9.87. The van der Waals surface area contributed by atoms with Crippen LogP contribution < -0.4 is 5.32 Å². The maximum Gasteiger partial charge on any atom is 0.254 e. The summed E-state index contributed by atoms with van der Waals surface area (Å²) in [5.74, 6) is 1.21. The molecule has 0 aliphatic carbocycles. The second-order valence-electron chi connectivity index (χ2n) is 5.75. The second-order valence-corrected chi connectivity index (χ2v) is 5.75. The third kappa shape index (κ3) is 3.88. The number of furan rings is 1. The molecule has 1 unspecified atom stereocenters. The standard InChI is InChI=1S/C14H23NO3/c1-9-8-11(10(2)18-9)13(17)15-7-6-12(16)14(3,4)5/h8,12,16H,6-7H2,1-5H3,(H,15,17). The molecule has 4 heteroatoms. The fourth-order valence-electron chi connectivity index (χ4n) is 1.71. The maximum atomic E-state index is 11.9. The van der Waals surface area contributed by atoms with Gasteiger partial charge in [0.05, 0.1) is 11.7 Å². The average molecular weight is 253 g/mol. The molecule has 1 amide bonds. The number of aliphatic hydroxyl groups is 1. The number of amides is 1. The molecule has 18 heavy (non-hydrogen) atoms. The Morgan fingerprint density at radius 2 is 2.06 bits per heavy atom. The van der Waals surface area contributed by atoms with Crippen LogP contribution in [0.1, 0.15) is 49.1 Å². The highest BCUT2D eigenvalue weighted by molar-refractivity contribution is 5.95. The molecule has 0 aromatic carbocycles. The molecule has 1 aromatic rings. The molecule has 0 radical (unpaired) electrons. The highest BCUT2D eigenvalue weighted by Gasteiger charge is 2.22. The van der Waals surface area contributed by atoms with E-state index in [1.54, 1.807) is 13.0 Å². The molecule has 1 rings (SSSR count). The Morgan fingerprint density at radius 3 is 2.50 bits per heavy atom. The first-order valence-corrected chi connectivity index (χ1v) is 6.25. The van der Waals surface area contributed by atoms with Crippen molar-refractivity contribution in [3.63, 3.8) is 0 Å². The third-order valence-electron chi connectivity index (χ3n) is 2.99. The summed E-state index contributed by atoms with van der Waals surface area (Å²) in [6.07, 6.45) is 0.121. The lowest BCUT2D eigenvalue weighted by Crippen LogP contribution is -2.32. The Hall–Kier alpha value is -1.29. The molecule has 4 nitrogen and oxygen atoms in total. The van der Waals surface area contributed by atoms with Crippen LogP contribution in [0.4, 0.5) is 0 Å². The fourth-order valence-corrected chi connectivity index (χ4v) is 1.71. The van der Waals surface area contributed by atoms with Gasteiger partial charge in [0.25, 0.3) is 5.91 Å². The van der Waals surface area contributed by atoms with Gasteiger partial charge in [-0.15, -0.1) is 0 Å². The van der Waals surface area contributed by atoms with E-state index in [0.29, 0.717) is 24.3 Å². The molecular formula is C14H23NO3. The zero-order chi connectivity index (χ0) is 13.9. The van der Waals surface area contributed by atoms with Gasteiger partial charge in [-0.2, -0.15) is 0 Å². The first-order valence-electron chi connectivity index (χ1n) is 6.25. The van der Waals surface area contributed by atoms with Crippen molar-refractivity contribution in [1.29, 1.82) is 0 Å². The Morgan fingerprint density at radius 1 is 1.44 bits per heavy atom. The van der Waals surface area contributed by atoms with Crippen LogP contribution in [0.15, 0.2) is 10.5 Å². The summed E-state index contributed by atoms with van der Waals surface area (Å²) in [5.41, 5.74) is 0.408. The van der Waals surface area contributed by atoms with Crippen LogP contribution in [0.2, 0.25) is 0 Å². The van der Waals surface area contributed by atoms with Crippen molar-refractivity contribution in [3.05, 3.63) is 23.2 Å². The summed E-state index contributed by atoms with van der Waals surface area (Å²) in [6, 6.07) is 1.73. The largest absolute Gasteiger partial charge is 0.466 e. The number of carbonyl (C=O) groups excluding carboxylic acids is 1. The lowest BCUT2D eigenvalue weighted by Gasteiger charge is -2.25. The topological polar surface area (TPSA) is 62.5 Å². The fraction of sp³-hybridized carbons (Fsp3) is 0.643. The minimum absolute atomic E-state index is 0.148. The maximum absolute atomic E-state index is 11.9. The van der Waals surface area contributed by atoms with Crippen molar-refractivity contribution in [1.82, 2.24) is 5.32 Å². The number of aliphatic hydroxyl groups excluding tert-OH is 1. The van der Waals surface area contributed by atoms with Crippen LogP contribution in [0.5, 0.6) is 0 Å². The minimum atomic E-state index is -0.426. The summed E-state index contributed by atoms with van der Waals surface area (Å²) in [7, 11) is 0. The molecule has 1 atom stereocenters. The van der Waals surface area contributed by atoms with Gasteiger partial charge in [-0.25, -0.2) is 0 Å². The van der Waals surface area contributed by atoms with E-state index in [9.17, 15) is 9.90 Å². The van der Waals surface area contributed by atoms with Crippen LogP contribution in [0.3, 0.4) is 0 Å². The van der Waals surface area contributed by atoms with Gasteiger partial charge in [-0.1, -0.05) is 20.8 Å². The Labute approximate surface area is 108 Å². The molecule has 0 spiro atoms. The number of hydrogen-bond donors (Lipinski definition) is 2. The van der Waals surface area contributed by atoms with Crippen LogP contribution in [0.25, 0.3) is 0 Å². The summed E-state index contributed by atoms with van der Waals surface area (Å²) in [4.78, 5) is 11.9. The van der Waals surface area contributed by atoms with Gasteiger partial charge in [-0.3, -0.25) is 4.79 Å². The van der Waals surface area contributed by atoms with Gasteiger partial charge in [-0.05, 0) is 31.7 Å². The van der Waals surface area contributed by atoms with E-state index < -0.39 is 6.10 Å². The van der Waals surface area contributed by atoms with Gasteiger partial charge < -0.3 is 14.8 Å². The van der Waals surface area contributed by atoms with Crippen molar-refractivity contribution in [3.8, 4) is 0 Å². The van der Waals surface area contributed by atoms with Gasteiger partial charge in [0.15, 0.2) is 0 Å². The molecule has 0 bridgehead atoms. The molecule has 1 heterocycles. The van der Waals surface area contributed by atoms with E-state index in [0.717, 1.165) is 5.76 Å². The zero-order valence-corrected chi connectivity index (χ0v) is 11.8. The predicted molar refractivity (Wildman–Crippen MR) is 70.6 cm³/mol. The number of nitrogens with one attached hydrogen (secondary N) is 1. The number of carbonyl (C=O) groups is 1. The van der Waals surface area contributed by atoms with E-state index in [-0.39, 0.29) is 11.3 Å². The summed E-state index contributed by atoms with van der Waals surface area (Å²) < 4.78 is 5.31. The van der Waals surface area contributed by atoms with Crippen molar-refractivity contribution in [2.45, 2.75) is 47.1 Å². The van der Waals surface area contributed by atoms with Gasteiger partial charge in [0.1, 0.15) is 11.5 Å². The monoisotopic (exact) mass is 253 g/mol. The first-order chi connectivity index (χ1) is 8.21. The van der Waals surface area contributed by atoms with E-state index in [4.69, 9.17) is 4.42 Å². The van der Waals surface area contributed by atoms with Crippen LogP contribution in [-0.4, -0.2) is 23.7 Å². The highest BCUT2D eigenvalue weighted by atomic mass is 16.3. The second kappa shape index (κ2) is 5.57. The summed E-state index contributed by atoms with van der Waals surface area (Å²) >= 11 is 0. The highest BCUT2D eigenvalue weighted by Crippen LogP contribution is 2.21. The predicted octanol–water partition coefficient (Wildman–Crippen LogP) is 2.42. The molecule has 0 fully saturated rings. The van der Waals surface area contributed by atoms with Gasteiger partial charge in [0, 0.05) is 6.54 Å². The normalized spacial score (nSPS) is 13.4. The van der Waals surface area contributed by atoms with Gasteiger partial charge in [0.2, 0.25) is 0 Å². The molecule has 0 saturated carbocycles. The summed E-state index contributed by atoms with van der Waals surface area (Å²) in [6.45, 7) is 9.97. The number of rotatable bonds is 4. The molecular weight excluding hydrogens is 230 g/mol. The SMILES string of the molecule is Cc1cc(C(=O)NCCC(O)C(C)(C)C)c(C)o1. The van der Waals surface area contributed by atoms with Crippen molar-refractivity contribution in [2.75, 3.05) is 6.54 Å². The Bertz CT molecular complexity index is 415. The Balaban J connectivity index is 2.46. The molecule has 0 aliphatic rings. The van der Waals surface area contributed by atoms with E-state index in [1.807, 2.05) is 27.7 Å². The minimum Gasteiger partial charge on any atom is -0.466 e. The lowest BCUT2D eigenvalue weighted by molar-refractivity contribution is 0.0551. The summed E-state index contributed by atoms with van der Waals surface area (Å²) in [5, 5.41) is 12.7. The smallest absolute Gasteiger partial charge is 0.254 e. The number of aryl methyl sites for hydroxylation is 2. The molecule has 102 valence electrons. The van der Waals surface area contributed by atoms with Crippen LogP contribution in [0, 0.1) is 19.3 Å². The third-order valence-corrected chi connectivity index (χ3v) is 2.99. The molecule has 0 saturated heterocycles. The molecule has 2 N–H and O–H groups in total. The Kier molecular flexibility index (Phi) is 4.57. The molecule has 1 aromatic heterocycles.